The molecule has 4 rings (SSSR count). The van der Waals surface area contributed by atoms with Gasteiger partial charge in [0.25, 0.3) is 5.91 Å². The van der Waals surface area contributed by atoms with Gasteiger partial charge in [0, 0.05) is 42.9 Å². The summed E-state index contributed by atoms with van der Waals surface area (Å²) in [6.45, 7) is 3.37. The topological polar surface area (TPSA) is 72.1 Å². The molecule has 0 bridgehead atoms. The number of aromatic nitrogens is 3. The van der Waals surface area contributed by atoms with Crippen LogP contribution in [-0.4, -0.2) is 39.0 Å². The smallest absolute Gasteiger partial charge is 0.276 e. The number of nitrogens with zero attached hydrogens (tertiary/aromatic N) is 4. The SMILES string of the molecule is Cc1nccc([C@H]2CCCN(C(=O)c3noc4c3CCCC4)C2)n1. The standard InChI is InChI=1S/C18H22N4O2/c1-12-19-9-8-15(20-12)13-5-4-10-22(11-13)18(23)17-14-6-2-3-7-16(14)24-21-17/h8-9,13H,2-7,10-11H2,1H3/t13-/m0/s1. The van der Waals surface area contributed by atoms with Gasteiger partial charge in [0.1, 0.15) is 11.6 Å². The van der Waals surface area contributed by atoms with Crippen LogP contribution in [0.2, 0.25) is 0 Å². The number of hydrogen-bond donors (Lipinski definition) is 0. The maximum Gasteiger partial charge on any atom is 0.276 e. The van der Waals surface area contributed by atoms with E-state index in [9.17, 15) is 4.79 Å². The van der Waals surface area contributed by atoms with E-state index in [1.807, 2.05) is 17.9 Å². The van der Waals surface area contributed by atoms with Gasteiger partial charge < -0.3 is 9.42 Å². The van der Waals surface area contributed by atoms with Crippen molar-refractivity contribution in [2.75, 3.05) is 13.1 Å². The number of aryl methyl sites for hydroxylation is 2. The number of rotatable bonds is 2. The molecule has 6 nitrogen and oxygen atoms in total. The molecule has 0 N–H and O–H groups in total. The maximum absolute atomic E-state index is 12.9. The van der Waals surface area contributed by atoms with Crippen molar-refractivity contribution in [2.45, 2.75) is 51.4 Å². The number of amides is 1. The molecule has 0 spiro atoms. The summed E-state index contributed by atoms with van der Waals surface area (Å²) in [6.07, 6.45) is 7.87. The molecule has 2 aromatic heterocycles. The Bertz CT molecular complexity index is 755. The van der Waals surface area contributed by atoms with Crippen LogP contribution in [0, 0.1) is 6.92 Å². The van der Waals surface area contributed by atoms with E-state index >= 15 is 0 Å². The van der Waals surface area contributed by atoms with E-state index in [-0.39, 0.29) is 11.8 Å². The molecule has 1 amide bonds. The number of carbonyl (C=O) groups excluding carboxylic acids is 1. The fourth-order valence-corrected chi connectivity index (χ4v) is 3.81. The summed E-state index contributed by atoms with van der Waals surface area (Å²) in [5.41, 5.74) is 2.60. The summed E-state index contributed by atoms with van der Waals surface area (Å²) in [4.78, 5) is 23.6. The third-order valence-corrected chi connectivity index (χ3v) is 5.08. The fourth-order valence-electron chi connectivity index (χ4n) is 3.81. The first-order chi connectivity index (χ1) is 11.7. The van der Waals surface area contributed by atoms with Gasteiger partial charge in [-0.15, -0.1) is 0 Å². The molecular formula is C18H22N4O2. The highest BCUT2D eigenvalue weighted by Gasteiger charge is 2.31. The van der Waals surface area contributed by atoms with Gasteiger partial charge in [-0.3, -0.25) is 4.79 Å². The van der Waals surface area contributed by atoms with Gasteiger partial charge in [0.2, 0.25) is 0 Å². The van der Waals surface area contributed by atoms with Crippen LogP contribution >= 0.6 is 0 Å². The molecule has 1 aliphatic heterocycles. The van der Waals surface area contributed by atoms with E-state index in [0.29, 0.717) is 12.2 Å². The Labute approximate surface area is 141 Å². The molecule has 1 fully saturated rings. The second-order valence-electron chi connectivity index (χ2n) is 6.76. The zero-order chi connectivity index (χ0) is 16.5. The molecule has 0 unspecified atom stereocenters. The molecule has 6 heteroatoms. The van der Waals surface area contributed by atoms with Crippen LogP contribution in [0.25, 0.3) is 0 Å². The minimum atomic E-state index is 0.0115. The van der Waals surface area contributed by atoms with E-state index in [0.717, 1.165) is 67.9 Å². The van der Waals surface area contributed by atoms with Crippen LogP contribution in [0.3, 0.4) is 0 Å². The van der Waals surface area contributed by atoms with Crippen LogP contribution < -0.4 is 0 Å². The Balaban J connectivity index is 1.54. The second-order valence-corrected chi connectivity index (χ2v) is 6.76. The molecule has 126 valence electrons. The molecule has 1 saturated heterocycles. The number of likely N-dealkylation sites (tertiary alicyclic amines) is 1. The van der Waals surface area contributed by atoms with E-state index < -0.39 is 0 Å². The number of fused-ring (bicyclic) bond motifs is 1. The highest BCUT2D eigenvalue weighted by atomic mass is 16.5. The molecule has 2 aliphatic rings. The summed E-state index contributed by atoms with van der Waals surface area (Å²) in [5.74, 6) is 1.97. The predicted octanol–water partition coefficient (Wildman–Crippen LogP) is 2.67. The quantitative estimate of drug-likeness (QED) is 0.848. The zero-order valence-electron chi connectivity index (χ0n) is 14.0. The Kier molecular flexibility index (Phi) is 4.04. The van der Waals surface area contributed by atoms with Gasteiger partial charge >= 0.3 is 0 Å². The normalized spacial score (nSPS) is 20.7. The van der Waals surface area contributed by atoms with Crippen molar-refractivity contribution in [1.82, 2.24) is 20.0 Å². The van der Waals surface area contributed by atoms with Crippen molar-refractivity contribution in [1.29, 1.82) is 0 Å². The van der Waals surface area contributed by atoms with Crippen molar-refractivity contribution in [3.8, 4) is 0 Å². The predicted molar refractivity (Wildman–Crippen MR) is 87.8 cm³/mol. The highest BCUT2D eigenvalue weighted by molar-refractivity contribution is 5.94. The van der Waals surface area contributed by atoms with E-state index in [1.165, 1.54) is 0 Å². The highest BCUT2D eigenvalue weighted by Crippen LogP contribution is 2.29. The molecule has 24 heavy (non-hydrogen) atoms. The van der Waals surface area contributed by atoms with Gasteiger partial charge in [0.05, 0.1) is 0 Å². The van der Waals surface area contributed by atoms with Crippen molar-refractivity contribution < 1.29 is 9.32 Å². The molecule has 3 heterocycles. The Morgan fingerprint density at radius 1 is 1.29 bits per heavy atom. The Morgan fingerprint density at radius 2 is 2.17 bits per heavy atom. The second kappa shape index (κ2) is 6.34. The average Bonchev–Trinajstić information content (AvgIpc) is 3.05. The fraction of sp³-hybridized carbons (Fsp3) is 0.556. The van der Waals surface area contributed by atoms with Gasteiger partial charge in [-0.25, -0.2) is 9.97 Å². The summed E-state index contributed by atoms with van der Waals surface area (Å²) in [6, 6.07) is 1.96. The van der Waals surface area contributed by atoms with Crippen molar-refractivity contribution in [2.24, 2.45) is 0 Å². The first kappa shape index (κ1) is 15.3. The summed E-state index contributed by atoms with van der Waals surface area (Å²) in [7, 11) is 0. The van der Waals surface area contributed by atoms with Crippen molar-refractivity contribution >= 4 is 5.91 Å². The van der Waals surface area contributed by atoms with Gasteiger partial charge in [-0.05, 0) is 45.1 Å². The molecule has 0 saturated carbocycles. The molecule has 1 aliphatic carbocycles. The van der Waals surface area contributed by atoms with E-state index in [2.05, 4.69) is 15.1 Å². The molecular weight excluding hydrogens is 304 g/mol. The number of hydrogen-bond acceptors (Lipinski definition) is 5. The average molecular weight is 326 g/mol. The van der Waals surface area contributed by atoms with Gasteiger partial charge in [-0.2, -0.15) is 0 Å². The maximum atomic E-state index is 12.9. The largest absolute Gasteiger partial charge is 0.360 e. The van der Waals surface area contributed by atoms with Crippen LogP contribution in [0.4, 0.5) is 0 Å². The lowest BCUT2D eigenvalue weighted by Gasteiger charge is -2.32. The molecule has 2 aromatic rings. The number of piperidine rings is 1. The first-order valence-electron chi connectivity index (χ1n) is 8.78. The van der Waals surface area contributed by atoms with Crippen LogP contribution in [0.1, 0.15) is 64.9 Å². The third-order valence-electron chi connectivity index (χ3n) is 5.08. The summed E-state index contributed by atoms with van der Waals surface area (Å²) < 4.78 is 5.41. The lowest BCUT2D eigenvalue weighted by molar-refractivity contribution is 0.0694. The van der Waals surface area contributed by atoms with Crippen LogP contribution in [0.5, 0.6) is 0 Å². The lowest BCUT2D eigenvalue weighted by Crippen LogP contribution is -2.40. The Morgan fingerprint density at radius 3 is 3.04 bits per heavy atom. The molecule has 1 atom stereocenters. The summed E-state index contributed by atoms with van der Waals surface area (Å²) >= 11 is 0. The third kappa shape index (κ3) is 2.81. The Hall–Kier alpha value is -2.24. The lowest BCUT2D eigenvalue weighted by atomic mass is 9.93. The molecule has 0 radical (unpaired) electrons. The van der Waals surface area contributed by atoms with E-state index in [4.69, 9.17) is 4.52 Å². The van der Waals surface area contributed by atoms with Gasteiger partial charge in [0.15, 0.2) is 5.69 Å². The number of carbonyl (C=O) groups is 1. The zero-order valence-corrected chi connectivity index (χ0v) is 14.0. The molecule has 0 aromatic carbocycles. The van der Waals surface area contributed by atoms with Crippen molar-refractivity contribution in [3.63, 3.8) is 0 Å². The summed E-state index contributed by atoms with van der Waals surface area (Å²) in [5, 5.41) is 4.09. The van der Waals surface area contributed by atoms with E-state index in [1.54, 1.807) is 6.20 Å². The first-order valence-corrected chi connectivity index (χ1v) is 8.78. The van der Waals surface area contributed by atoms with Crippen molar-refractivity contribution in [3.05, 3.63) is 40.8 Å². The minimum Gasteiger partial charge on any atom is -0.360 e. The van der Waals surface area contributed by atoms with Crippen LogP contribution in [-0.2, 0) is 12.8 Å². The monoisotopic (exact) mass is 326 g/mol. The van der Waals surface area contributed by atoms with Crippen LogP contribution in [0.15, 0.2) is 16.8 Å². The minimum absolute atomic E-state index is 0.0115. The van der Waals surface area contributed by atoms with Gasteiger partial charge in [-0.1, -0.05) is 5.16 Å².